The van der Waals surface area contributed by atoms with Crippen LogP contribution in [0.25, 0.3) is 0 Å². The molecular weight excluding hydrogens is 241 g/mol. The van der Waals surface area contributed by atoms with Gasteiger partial charge in [0.2, 0.25) is 0 Å². The van der Waals surface area contributed by atoms with Crippen LogP contribution in [0.5, 0.6) is 0 Å². The number of hydrogen-bond acceptors (Lipinski definition) is 3. The zero-order valence-electron chi connectivity index (χ0n) is 10.2. The maximum absolute atomic E-state index is 5.78. The van der Waals surface area contributed by atoms with Crippen molar-refractivity contribution >= 4 is 18.4 Å². The molecule has 0 bridgehead atoms. The van der Waals surface area contributed by atoms with Gasteiger partial charge in [-0.05, 0) is 24.6 Å². The van der Waals surface area contributed by atoms with E-state index in [-0.39, 0.29) is 5.41 Å². The van der Waals surface area contributed by atoms with E-state index >= 15 is 0 Å². The Bertz CT molecular complexity index is 276. The second-order valence-electron chi connectivity index (χ2n) is 5.67. The zero-order valence-corrected chi connectivity index (χ0v) is 11.9. The second kappa shape index (κ2) is 5.03. The summed E-state index contributed by atoms with van der Waals surface area (Å²) in [6.07, 6.45) is 6.40. The van der Waals surface area contributed by atoms with Crippen molar-refractivity contribution < 1.29 is 9.05 Å². The van der Waals surface area contributed by atoms with Gasteiger partial charge in [-0.15, -0.1) is 0 Å². The summed E-state index contributed by atoms with van der Waals surface area (Å²) < 4.78 is 11.6. The van der Waals surface area contributed by atoms with Crippen molar-refractivity contribution in [2.75, 3.05) is 13.2 Å². The molecule has 0 aromatic heterocycles. The Morgan fingerprint density at radius 1 is 1.12 bits per heavy atom. The molecule has 2 rings (SSSR count). The van der Waals surface area contributed by atoms with E-state index in [2.05, 4.69) is 18.9 Å². The van der Waals surface area contributed by atoms with Gasteiger partial charge in [-0.1, -0.05) is 33.1 Å². The van der Waals surface area contributed by atoms with Gasteiger partial charge in [-0.3, -0.25) is 0 Å². The molecule has 0 amide bonds. The summed E-state index contributed by atoms with van der Waals surface area (Å²) in [6.45, 7) is 3.54. The summed E-state index contributed by atoms with van der Waals surface area (Å²) in [5.41, 5.74) is 0.108. The number of hydrogen-bond donors (Lipinski definition) is 1. The summed E-state index contributed by atoms with van der Waals surface area (Å²) in [4.78, 5) is 0. The monoisotopic (exact) mass is 263 g/mol. The predicted octanol–water partition coefficient (Wildman–Crippen LogP) is 3.21. The highest BCUT2D eigenvalue weighted by Gasteiger charge is 2.34. The van der Waals surface area contributed by atoms with E-state index in [1.54, 1.807) is 0 Å². The van der Waals surface area contributed by atoms with Gasteiger partial charge in [0, 0.05) is 11.5 Å². The Morgan fingerprint density at radius 3 is 2.25 bits per heavy atom. The molecule has 1 N–H and O–H groups in total. The van der Waals surface area contributed by atoms with Crippen LogP contribution in [0.1, 0.15) is 46.0 Å². The highest BCUT2D eigenvalue weighted by molar-refractivity contribution is 8.09. The Labute approximate surface area is 104 Å². The lowest BCUT2D eigenvalue weighted by Gasteiger charge is -2.38. The molecule has 3 nitrogen and oxygen atoms in total. The second-order valence-corrected chi connectivity index (χ2v) is 8.88. The van der Waals surface area contributed by atoms with Crippen molar-refractivity contribution in [1.29, 1.82) is 0 Å². The average molecular weight is 263 g/mol. The topological polar surface area (TPSA) is 30.5 Å². The predicted molar refractivity (Wildman–Crippen MR) is 70.0 cm³/mol. The molecule has 1 heterocycles. The highest BCUT2D eigenvalue weighted by Crippen LogP contribution is 2.51. The van der Waals surface area contributed by atoms with Gasteiger partial charge in [-0.25, -0.2) is 5.09 Å². The molecule has 5 heteroatoms. The average Bonchev–Trinajstić information content (AvgIpc) is 2.25. The van der Waals surface area contributed by atoms with Crippen LogP contribution < -0.4 is 5.09 Å². The summed E-state index contributed by atoms with van der Waals surface area (Å²) in [5, 5.41) is 3.45. The summed E-state index contributed by atoms with van der Waals surface area (Å²) in [6, 6.07) is 0.515. The fraction of sp³-hybridized carbons (Fsp3) is 1.00. The van der Waals surface area contributed by atoms with E-state index in [0.29, 0.717) is 19.3 Å². The van der Waals surface area contributed by atoms with E-state index in [4.69, 9.17) is 20.9 Å². The maximum Gasteiger partial charge on any atom is 0.261 e. The zero-order chi connectivity index (χ0) is 11.6. The van der Waals surface area contributed by atoms with Gasteiger partial charge in [-0.2, -0.15) is 0 Å². The van der Waals surface area contributed by atoms with Crippen LogP contribution >= 0.6 is 6.64 Å². The van der Waals surface area contributed by atoms with Crippen LogP contribution in [-0.2, 0) is 20.9 Å². The highest BCUT2D eigenvalue weighted by atomic mass is 32.5. The van der Waals surface area contributed by atoms with E-state index in [1.807, 2.05) is 0 Å². The van der Waals surface area contributed by atoms with E-state index in [9.17, 15) is 0 Å². The van der Waals surface area contributed by atoms with Crippen molar-refractivity contribution in [2.45, 2.75) is 52.0 Å². The number of nitrogens with one attached hydrogen (secondary N) is 1. The smallest absolute Gasteiger partial charge is 0.261 e. The summed E-state index contributed by atoms with van der Waals surface area (Å²) >= 11 is 5.49. The van der Waals surface area contributed by atoms with Crippen molar-refractivity contribution in [3.05, 3.63) is 0 Å². The molecule has 0 atom stereocenters. The number of rotatable bonds is 2. The Morgan fingerprint density at radius 2 is 1.69 bits per heavy atom. The standard InChI is InChI=1S/C11H22NO2PS/c1-11(2)8-13-15(16,14-9-11)12-10-6-4-3-5-7-10/h10H,3-9H2,1-2H3,(H,12,16). The first-order valence-corrected chi connectivity index (χ1v) is 8.80. The molecule has 16 heavy (non-hydrogen) atoms. The summed E-state index contributed by atoms with van der Waals surface area (Å²) in [5.74, 6) is 0. The van der Waals surface area contributed by atoms with Crippen LogP contribution in [0, 0.1) is 5.41 Å². The van der Waals surface area contributed by atoms with Gasteiger partial charge >= 0.3 is 0 Å². The van der Waals surface area contributed by atoms with Crippen molar-refractivity contribution in [1.82, 2.24) is 5.09 Å². The van der Waals surface area contributed by atoms with Gasteiger partial charge in [0.15, 0.2) is 0 Å². The molecule has 0 radical (unpaired) electrons. The first-order chi connectivity index (χ1) is 7.49. The van der Waals surface area contributed by atoms with E-state index < -0.39 is 6.64 Å². The lowest BCUT2D eigenvalue weighted by molar-refractivity contribution is 0.0549. The Hall–Kier alpha value is 0.530. The molecule has 1 saturated carbocycles. The fourth-order valence-electron chi connectivity index (χ4n) is 2.13. The molecule has 0 unspecified atom stereocenters. The minimum Gasteiger partial charge on any atom is -0.317 e. The lowest BCUT2D eigenvalue weighted by Crippen LogP contribution is -2.36. The minimum atomic E-state index is -2.18. The van der Waals surface area contributed by atoms with E-state index in [0.717, 1.165) is 0 Å². The molecule has 1 aliphatic carbocycles. The third kappa shape index (κ3) is 3.51. The maximum atomic E-state index is 5.78. The summed E-state index contributed by atoms with van der Waals surface area (Å²) in [7, 11) is 0. The normalized spacial score (nSPS) is 30.1. The van der Waals surface area contributed by atoms with Gasteiger partial charge in [0.05, 0.1) is 13.2 Å². The first-order valence-electron chi connectivity index (χ1n) is 6.16. The molecular formula is C11H22NO2PS. The SMILES string of the molecule is CC1(C)COP(=S)(NC2CCCCC2)OC1. The minimum absolute atomic E-state index is 0.108. The molecule has 0 aromatic rings. The van der Waals surface area contributed by atoms with Crippen LogP contribution in [-0.4, -0.2) is 19.3 Å². The quantitative estimate of drug-likeness (QED) is 0.775. The molecule has 94 valence electrons. The van der Waals surface area contributed by atoms with Gasteiger partial charge < -0.3 is 9.05 Å². The molecule has 1 aliphatic heterocycles. The first kappa shape index (κ1) is 13.0. The van der Waals surface area contributed by atoms with Crippen LogP contribution in [0.3, 0.4) is 0 Å². The Kier molecular flexibility index (Phi) is 4.08. The molecule has 2 aliphatic rings. The molecule has 0 spiro atoms. The Balaban J connectivity index is 1.86. The molecule has 2 fully saturated rings. The third-order valence-corrected chi connectivity index (χ3v) is 5.76. The largest absolute Gasteiger partial charge is 0.317 e. The third-order valence-electron chi connectivity index (χ3n) is 3.20. The van der Waals surface area contributed by atoms with Crippen molar-refractivity contribution in [2.24, 2.45) is 5.41 Å². The van der Waals surface area contributed by atoms with Crippen LogP contribution in [0.15, 0.2) is 0 Å². The van der Waals surface area contributed by atoms with Crippen molar-refractivity contribution in [3.8, 4) is 0 Å². The van der Waals surface area contributed by atoms with Crippen molar-refractivity contribution in [3.63, 3.8) is 0 Å². The van der Waals surface area contributed by atoms with Gasteiger partial charge in [0.1, 0.15) is 0 Å². The lowest BCUT2D eigenvalue weighted by atomic mass is 9.96. The fourth-order valence-corrected chi connectivity index (χ4v) is 4.86. The molecule has 1 saturated heterocycles. The van der Waals surface area contributed by atoms with Crippen LogP contribution in [0.2, 0.25) is 0 Å². The van der Waals surface area contributed by atoms with E-state index in [1.165, 1.54) is 32.1 Å². The molecule has 0 aromatic carbocycles. The van der Waals surface area contributed by atoms with Gasteiger partial charge in [0.25, 0.3) is 6.64 Å². The van der Waals surface area contributed by atoms with Crippen LogP contribution in [0.4, 0.5) is 0 Å².